The van der Waals surface area contributed by atoms with Gasteiger partial charge in [-0.1, -0.05) is 35.9 Å². The van der Waals surface area contributed by atoms with Crippen molar-refractivity contribution in [2.24, 2.45) is 0 Å². The third-order valence-electron chi connectivity index (χ3n) is 3.23. The van der Waals surface area contributed by atoms with Crippen LogP contribution >= 0.6 is 11.6 Å². The van der Waals surface area contributed by atoms with Gasteiger partial charge in [0, 0.05) is 0 Å². The van der Waals surface area contributed by atoms with Gasteiger partial charge in [0.05, 0.1) is 30.0 Å². The molecule has 0 radical (unpaired) electrons. The van der Waals surface area contributed by atoms with Gasteiger partial charge in [-0.15, -0.1) is 0 Å². The lowest BCUT2D eigenvalue weighted by Gasteiger charge is -2.27. The normalized spacial score (nSPS) is 17.9. The zero-order chi connectivity index (χ0) is 13.2. The fourth-order valence-corrected chi connectivity index (χ4v) is 2.47. The summed E-state index contributed by atoms with van der Waals surface area (Å²) < 4.78 is 18.8. The highest BCUT2D eigenvalue weighted by molar-refractivity contribution is 6.33. The van der Waals surface area contributed by atoms with Gasteiger partial charge in [0.2, 0.25) is 0 Å². The first kappa shape index (κ1) is 12.5. The monoisotopic (exact) mass is 277 g/mol. The van der Waals surface area contributed by atoms with Gasteiger partial charge in [-0.2, -0.15) is 0 Å². The molecule has 1 aliphatic rings. The van der Waals surface area contributed by atoms with Crippen LogP contribution in [-0.2, 0) is 11.3 Å². The Labute approximate surface area is 116 Å². The van der Waals surface area contributed by atoms with E-state index in [1.54, 1.807) is 6.07 Å². The van der Waals surface area contributed by atoms with Gasteiger partial charge in [0.15, 0.2) is 0 Å². The second-order valence-corrected chi connectivity index (χ2v) is 4.94. The zero-order valence-electron chi connectivity index (χ0n) is 10.2. The van der Waals surface area contributed by atoms with E-state index >= 15 is 0 Å². The minimum absolute atomic E-state index is 0.00995. The maximum Gasteiger partial charge on any atom is 0.125 e. The summed E-state index contributed by atoms with van der Waals surface area (Å²) in [5, 5.41) is 3.75. The van der Waals surface area contributed by atoms with Crippen molar-refractivity contribution in [2.75, 3.05) is 11.9 Å². The van der Waals surface area contributed by atoms with Gasteiger partial charge in [-0.25, -0.2) is 4.39 Å². The number of nitrogens with one attached hydrogen (secondary N) is 1. The Kier molecular flexibility index (Phi) is 3.40. The summed E-state index contributed by atoms with van der Waals surface area (Å²) in [7, 11) is 0. The van der Waals surface area contributed by atoms with E-state index in [0.717, 1.165) is 5.56 Å². The number of anilines is 1. The van der Waals surface area contributed by atoms with Crippen molar-refractivity contribution in [1.82, 2.24) is 0 Å². The third kappa shape index (κ3) is 2.57. The van der Waals surface area contributed by atoms with Gasteiger partial charge in [-0.05, 0) is 29.3 Å². The molecule has 1 aliphatic heterocycles. The van der Waals surface area contributed by atoms with Gasteiger partial charge in [-0.3, -0.25) is 0 Å². The molecule has 0 aliphatic carbocycles. The molecule has 2 aromatic rings. The highest BCUT2D eigenvalue weighted by Gasteiger charge is 2.20. The Morgan fingerprint density at radius 3 is 2.95 bits per heavy atom. The number of hydrogen-bond donors (Lipinski definition) is 1. The molecular formula is C15H13ClFNO. The topological polar surface area (TPSA) is 21.3 Å². The molecule has 3 rings (SSSR count). The van der Waals surface area contributed by atoms with Gasteiger partial charge in [0.25, 0.3) is 0 Å². The van der Waals surface area contributed by atoms with Crippen LogP contribution in [0, 0.1) is 5.82 Å². The Bertz CT molecular complexity index is 602. The van der Waals surface area contributed by atoms with Crippen LogP contribution in [0.15, 0.2) is 42.5 Å². The van der Waals surface area contributed by atoms with E-state index in [0.29, 0.717) is 23.9 Å². The molecule has 1 unspecified atom stereocenters. The highest BCUT2D eigenvalue weighted by atomic mass is 35.5. The Hall–Kier alpha value is -1.58. The number of rotatable bonds is 2. The molecule has 1 atom stereocenters. The summed E-state index contributed by atoms with van der Waals surface area (Å²) in [4.78, 5) is 0. The average Bonchev–Trinajstić information content (AvgIpc) is 2.43. The minimum Gasteiger partial charge on any atom is -0.375 e. The van der Waals surface area contributed by atoms with E-state index in [1.165, 1.54) is 17.7 Å². The van der Waals surface area contributed by atoms with Crippen molar-refractivity contribution in [3.8, 4) is 0 Å². The van der Waals surface area contributed by atoms with Crippen LogP contribution in [0.2, 0.25) is 5.02 Å². The van der Waals surface area contributed by atoms with Crippen LogP contribution in [0.4, 0.5) is 10.1 Å². The second-order valence-electron chi connectivity index (χ2n) is 4.54. The van der Waals surface area contributed by atoms with Crippen LogP contribution in [0.3, 0.4) is 0 Å². The molecule has 0 fully saturated rings. The smallest absolute Gasteiger partial charge is 0.125 e. The molecule has 2 nitrogen and oxygen atoms in total. The summed E-state index contributed by atoms with van der Waals surface area (Å²) in [6.45, 7) is 1.16. The lowest BCUT2D eigenvalue weighted by atomic mass is 9.99. The lowest BCUT2D eigenvalue weighted by molar-refractivity contribution is 0.0970. The average molecular weight is 278 g/mol. The molecule has 0 saturated heterocycles. The quantitative estimate of drug-likeness (QED) is 0.890. The molecule has 0 bridgehead atoms. The Morgan fingerprint density at radius 2 is 2.05 bits per heavy atom. The van der Waals surface area contributed by atoms with E-state index in [4.69, 9.17) is 16.3 Å². The fourth-order valence-electron chi connectivity index (χ4n) is 2.30. The van der Waals surface area contributed by atoms with E-state index < -0.39 is 0 Å². The lowest BCUT2D eigenvalue weighted by Crippen LogP contribution is -2.23. The van der Waals surface area contributed by atoms with Crippen molar-refractivity contribution in [3.63, 3.8) is 0 Å². The summed E-state index contributed by atoms with van der Waals surface area (Å²) in [6, 6.07) is 12.4. The third-order valence-corrected chi connectivity index (χ3v) is 3.56. The molecule has 98 valence electrons. The molecule has 0 amide bonds. The van der Waals surface area contributed by atoms with E-state index in [1.807, 2.05) is 18.2 Å². The summed E-state index contributed by atoms with van der Waals surface area (Å²) in [6.07, 6.45) is 0. The van der Waals surface area contributed by atoms with Crippen molar-refractivity contribution in [1.29, 1.82) is 0 Å². The van der Waals surface area contributed by atoms with Gasteiger partial charge < -0.3 is 10.1 Å². The number of halogens is 2. The van der Waals surface area contributed by atoms with E-state index in [-0.39, 0.29) is 11.9 Å². The molecule has 4 heteroatoms. The minimum atomic E-state index is -0.308. The Morgan fingerprint density at radius 1 is 1.21 bits per heavy atom. The number of hydrogen-bond acceptors (Lipinski definition) is 2. The molecule has 1 heterocycles. The molecule has 0 aromatic heterocycles. The molecule has 0 spiro atoms. The maximum atomic E-state index is 13.3. The molecule has 2 aromatic carbocycles. The van der Waals surface area contributed by atoms with Crippen molar-refractivity contribution in [2.45, 2.75) is 12.6 Å². The predicted octanol–water partition coefficient (Wildman–Crippen LogP) is 4.16. The summed E-state index contributed by atoms with van der Waals surface area (Å²) in [5.74, 6) is -0.308. The zero-order valence-corrected chi connectivity index (χ0v) is 11.0. The van der Waals surface area contributed by atoms with E-state index in [2.05, 4.69) is 11.4 Å². The first-order valence-electron chi connectivity index (χ1n) is 6.11. The van der Waals surface area contributed by atoms with Crippen LogP contribution in [0.5, 0.6) is 0 Å². The van der Waals surface area contributed by atoms with Crippen molar-refractivity contribution >= 4 is 17.3 Å². The second kappa shape index (κ2) is 5.19. The van der Waals surface area contributed by atoms with E-state index in [9.17, 15) is 4.39 Å². The SMILES string of the molecule is Fc1ccc(Cl)c(NC2COCc3ccccc32)c1. The molecule has 1 N–H and O–H groups in total. The highest BCUT2D eigenvalue weighted by Crippen LogP contribution is 2.31. The predicted molar refractivity (Wildman–Crippen MR) is 73.9 cm³/mol. The number of fused-ring (bicyclic) bond motifs is 1. The fraction of sp³-hybridized carbons (Fsp3) is 0.200. The summed E-state index contributed by atoms with van der Waals surface area (Å²) >= 11 is 6.07. The molecular weight excluding hydrogens is 265 g/mol. The van der Waals surface area contributed by atoms with Crippen LogP contribution in [-0.4, -0.2) is 6.61 Å². The molecule has 19 heavy (non-hydrogen) atoms. The molecule has 0 saturated carbocycles. The largest absolute Gasteiger partial charge is 0.375 e. The number of ether oxygens (including phenoxy) is 1. The van der Waals surface area contributed by atoms with Crippen LogP contribution in [0.1, 0.15) is 17.2 Å². The van der Waals surface area contributed by atoms with Crippen molar-refractivity contribution in [3.05, 3.63) is 64.4 Å². The van der Waals surface area contributed by atoms with Crippen LogP contribution in [0.25, 0.3) is 0 Å². The number of benzene rings is 2. The standard InChI is InChI=1S/C15H13ClFNO/c16-13-6-5-11(17)7-14(13)18-15-9-19-8-10-3-1-2-4-12(10)15/h1-7,15,18H,8-9H2. The Balaban J connectivity index is 1.90. The maximum absolute atomic E-state index is 13.3. The first-order valence-corrected chi connectivity index (χ1v) is 6.49. The van der Waals surface area contributed by atoms with Gasteiger partial charge in [0.1, 0.15) is 5.82 Å². The van der Waals surface area contributed by atoms with Gasteiger partial charge >= 0.3 is 0 Å². The summed E-state index contributed by atoms with van der Waals surface area (Å²) in [5.41, 5.74) is 2.92. The van der Waals surface area contributed by atoms with Crippen molar-refractivity contribution < 1.29 is 9.13 Å². The first-order chi connectivity index (χ1) is 9.24. The van der Waals surface area contributed by atoms with Crippen LogP contribution < -0.4 is 5.32 Å².